The highest BCUT2D eigenvalue weighted by atomic mass is 16.5. The number of anilines is 2. The minimum absolute atomic E-state index is 0.239. The van der Waals surface area contributed by atoms with Crippen molar-refractivity contribution >= 4 is 29.2 Å². The number of esters is 1. The first kappa shape index (κ1) is 17.1. The van der Waals surface area contributed by atoms with Gasteiger partial charge in [0.05, 0.1) is 12.8 Å². The number of methoxy groups -OCH3 is 1. The molecule has 1 aromatic heterocycles. The summed E-state index contributed by atoms with van der Waals surface area (Å²) in [6.45, 7) is 0.925. The van der Waals surface area contributed by atoms with Crippen molar-refractivity contribution in [2.24, 2.45) is 0 Å². The summed E-state index contributed by atoms with van der Waals surface area (Å²) in [7, 11) is 1.45. The first-order valence-electron chi connectivity index (χ1n) is 7.05. The number of hydrogen-bond donors (Lipinski definition) is 3. The Labute approximate surface area is 138 Å². The van der Waals surface area contributed by atoms with Gasteiger partial charge in [0.1, 0.15) is 11.4 Å². The molecule has 8 heteroatoms. The van der Waals surface area contributed by atoms with E-state index in [1.165, 1.54) is 14.0 Å². The van der Waals surface area contributed by atoms with Gasteiger partial charge in [0.25, 0.3) is 5.91 Å². The van der Waals surface area contributed by atoms with Crippen molar-refractivity contribution in [1.29, 1.82) is 0 Å². The first-order valence-corrected chi connectivity index (χ1v) is 7.05. The Hall–Kier alpha value is -3.29. The molecule has 8 nitrogen and oxygen atoms in total. The summed E-state index contributed by atoms with van der Waals surface area (Å²) in [4.78, 5) is 37.4. The van der Waals surface area contributed by atoms with Crippen LogP contribution in [0.4, 0.5) is 11.4 Å². The van der Waals surface area contributed by atoms with Crippen molar-refractivity contribution in [3.05, 3.63) is 42.2 Å². The van der Waals surface area contributed by atoms with E-state index in [4.69, 9.17) is 9.47 Å². The number of carbonyl (C=O) groups is 3. The zero-order valence-electron chi connectivity index (χ0n) is 13.2. The molecule has 0 aliphatic heterocycles. The molecule has 0 unspecified atom stereocenters. The molecule has 0 radical (unpaired) electrons. The van der Waals surface area contributed by atoms with Gasteiger partial charge >= 0.3 is 5.97 Å². The van der Waals surface area contributed by atoms with E-state index in [0.717, 1.165) is 0 Å². The third-order valence-corrected chi connectivity index (χ3v) is 2.95. The summed E-state index contributed by atoms with van der Waals surface area (Å²) in [6, 6.07) is 7.98. The van der Waals surface area contributed by atoms with E-state index < -0.39 is 18.5 Å². The number of nitrogens with one attached hydrogen (secondary N) is 3. The van der Waals surface area contributed by atoms with Crippen LogP contribution in [0.25, 0.3) is 0 Å². The predicted octanol–water partition coefficient (Wildman–Crippen LogP) is 1.78. The van der Waals surface area contributed by atoms with E-state index in [1.54, 1.807) is 36.5 Å². The summed E-state index contributed by atoms with van der Waals surface area (Å²) in [5.74, 6) is -0.993. The molecular weight excluding hydrogens is 314 g/mol. The molecule has 126 valence electrons. The Balaban J connectivity index is 1.99. The van der Waals surface area contributed by atoms with Crippen LogP contribution in [0.3, 0.4) is 0 Å². The van der Waals surface area contributed by atoms with Crippen molar-refractivity contribution in [2.45, 2.75) is 6.92 Å². The highest BCUT2D eigenvalue weighted by molar-refractivity contribution is 5.97. The molecule has 0 aliphatic carbocycles. The van der Waals surface area contributed by atoms with Crippen LogP contribution in [-0.4, -0.2) is 36.5 Å². The van der Waals surface area contributed by atoms with Gasteiger partial charge in [-0.1, -0.05) is 0 Å². The van der Waals surface area contributed by atoms with E-state index in [1.807, 2.05) is 0 Å². The number of benzene rings is 1. The first-order chi connectivity index (χ1) is 11.5. The van der Waals surface area contributed by atoms with Crippen molar-refractivity contribution in [3.63, 3.8) is 0 Å². The van der Waals surface area contributed by atoms with E-state index in [-0.39, 0.29) is 11.6 Å². The third kappa shape index (κ3) is 4.60. The molecule has 2 aromatic rings. The Bertz CT molecular complexity index is 740. The van der Waals surface area contributed by atoms with Gasteiger partial charge in [0.2, 0.25) is 5.91 Å². The van der Waals surface area contributed by atoms with Crippen molar-refractivity contribution < 1.29 is 23.9 Å². The second-order valence-corrected chi connectivity index (χ2v) is 4.80. The highest BCUT2D eigenvalue weighted by Crippen LogP contribution is 2.27. The third-order valence-electron chi connectivity index (χ3n) is 2.95. The number of amides is 2. The molecule has 2 amide bonds. The van der Waals surface area contributed by atoms with Crippen LogP contribution >= 0.6 is 0 Å². The lowest BCUT2D eigenvalue weighted by Gasteiger charge is -2.12. The topological polar surface area (TPSA) is 110 Å². The second kappa shape index (κ2) is 7.82. The fraction of sp³-hybridized carbons (Fsp3) is 0.188. The summed E-state index contributed by atoms with van der Waals surface area (Å²) in [5, 5.41) is 5.18. The summed E-state index contributed by atoms with van der Waals surface area (Å²) in [6.07, 6.45) is 1.58. The van der Waals surface area contributed by atoms with E-state index >= 15 is 0 Å². The molecule has 0 fully saturated rings. The van der Waals surface area contributed by atoms with Crippen LogP contribution in [0, 0.1) is 0 Å². The molecule has 24 heavy (non-hydrogen) atoms. The second-order valence-electron chi connectivity index (χ2n) is 4.80. The molecule has 0 spiro atoms. The monoisotopic (exact) mass is 331 g/mol. The van der Waals surface area contributed by atoms with Crippen molar-refractivity contribution in [2.75, 3.05) is 24.4 Å². The Kier molecular flexibility index (Phi) is 5.56. The molecule has 1 aromatic carbocycles. The van der Waals surface area contributed by atoms with Gasteiger partial charge in [-0.15, -0.1) is 0 Å². The van der Waals surface area contributed by atoms with Gasteiger partial charge < -0.3 is 25.1 Å². The van der Waals surface area contributed by atoms with Gasteiger partial charge in [-0.25, -0.2) is 4.79 Å². The SMILES string of the molecule is COc1ccc(NC(C)=O)cc1NC(=O)COC(=O)c1ccc[nH]1. The number of H-pyrrole nitrogens is 1. The maximum Gasteiger partial charge on any atom is 0.355 e. The smallest absolute Gasteiger partial charge is 0.355 e. The number of hydrogen-bond acceptors (Lipinski definition) is 5. The standard InChI is InChI=1S/C16H17N3O5/c1-10(20)18-11-5-6-14(23-2)13(8-11)19-15(21)9-24-16(22)12-4-3-7-17-12/h3-8,17H,9H2,1-2H3,(H,18,20)(H,19,21). The minimum Gasteiger partial charge on any atom is -0.495 e. The molecule has 3 N–H and O–H groups in total. The van der Waals surface area contributed by atoms with E-state index in [2.05, 4.69) is 15.6 Å². The minimum atomic E-state index is -0.630. The highest BCUT2D eigenvalue weighted by Gasteiger charge is 2.13. The molecule has 0 saturated carbocycles. The molecule has 0 bridgehead atoms. The Morgan fingerprint density at radius 2 is 1.96 bits per heavy atom. The van der Waals surface area contributed by atoms with Crippen LogP contribution in [0.1, 0.15) is 17.4 Å². The average molecular weight is 331 g/mol. The Morgan fingerprint density at radius 1 is 1.17 bits per heavy atom. The van der Waals surface area contributed by atoms with Gasteiger partial charge in [0.15, 0.2) is 6.61 Å². The molecule has 2 rings (SSSR count). The van der Waals surface area contributed by atoms with Gasteiger partial charge in [-0.3, -0.25) is 9.59 Å². The normalized spacial score (nSPS) is 9.92. The van der Waals surface area contributed by atoms with E-state index in [0.29, 0.717) is 17.1 Å². The number of ether oxygens (including phenoxy) is 2. The van der Waals surface area contributed by atoms with Gasteiger partial charge in [0, 0.05) is 18.8 Å². The van der Waals surface area contributed by atoms with Crippen LogP contribution in [0.15, 0.2) is 36.5 Å². The fourth-order valence-corrected chi connectivity index (χ4v) is 1.94. The Morgan fingerprint density at radius 3 is 2.58 bits per heavy atom. The number of aromatic amines is 1. The van der Waals surface area contributed by atoms with Gasteiger partial charge in [-0.2, -0.15) is 0 Å². The summed E-state index contributed by atoms with van der Waals surface area (Å²) >= 11 is 0. The molecule has 1 heterocycles. The van der Waals surface area contributed by atoms with Crippen LogP contribution in [0.5, 0.6) is 5.75 Å². The zero-order valence-corrected chi connectivity index (χ0v) is 13.2. The van der Waals surface area contributed by atoms with E-state index in [9.17, 15) is 14.4 Å². The lowest BCUT2D eigenvalue weighted by molar-refractivity contribution is -0.119. The van der Waals surface area contributed by atoms with Gasteiger partial charge in [-0.05, 0) is 30.3 Å². The quantitative estimate of drug-likeness (QED) is 0.699. The van der Waals surface area contributed by atoms with Crippen LogP contribution in [0.2, 0.25) is 0 Å². The lowest BCUT2D eigenvalue weighted by Crippen LogP contribution is -2.21. The number of aromatic nitrogens is 1. The predicted molar refractivity (Wildman–Crippen MR) is 87.0 cm³/mol. The van der Waals surface area contributed by atoms with Crippen molar-refractivity contribution in [1.82, 2.24) is 4.98 Å². The molecule has 0 saturated heterocycles. The average Bonchev–Trinajstić information content (AvgIpc) is 3.07. The molecular formula is C16H17N3O5. The maximum atomic E-state index is 11.9. The summed E-state index contributed by atoms with van der Waals surface area (Å²) < 4.78 is 10.0. The zero-order chi connectivity index (χ0) is 17.5. The van der Waals surface area contributed by atoms with Crippen molar-refractivity contribution in [3.8, 4) is 5.75 Å². The largest absolute Gasteiger partial charge is 0.495 e. The summed E-state index contributed by atoms with van der Waals surface area (Å²) in [5.41, 5.74) is 1.11. The molecule has 0 atom stereocenters. The molecule has 0 aliphatic rings. The van der Waals surface area contributed by atoms with Crippen LogP contribution in [-0.2, 0) is 14.3 Å². The maximum absolute atomic E-state index is 11.9. The number of carbonyl (C=O) groups excluding carboxylic acids is 3. The fourth-order valence-electron chi connectivity index (χ4n) is 1.94. The number of rotatable bonds is 6. The van der Waals surface area contributed by atoms with Crippen LogP contribution < -0.4 is 15.4 Å². The lowest BCUT2D eigenvalue weighted by atomic mass is 10.2.